The maximum absolute atomic E-state index is 13.1. The van der Waals surface area contributed by atoms with Gasteiger partial charge in [0, 0.05) is 22.2 Å². The first-order valence-corrected chi connectivity index (χ1v) is 10.9. The van der Waals surface area contributed by atoms with Crippen molar-refractivity contribution in [2.24, 2.45) is 0 Å². The van der Waals surface area contributed by atoms with Crippen molar-refractivity contribution >= 4 is 27.3 Å². The fraction of sp³-hybridized carbons (Fsp3) is 0.182. The summed E-state index contributed by atoms with van der Waals surface area (Å²) in [7, 11) is 0. The van der Waals surface area contributed by atoms with Crippen molar-refractivity contribution in [2.45, 2.75) is 27.4 Å². The van der Waals surface area contributed by atoms with E-state index in [2.05, 4.69) is 36.9 Å². The molecule has 0 amide bonds. The highest BCUT2D eigenvalue weighted by Gasteiger charge is 2.16. The third-order valence-electron chi connectivity index (χ3n) is 4.60. The zero-order valence-electron chi connectivity index (χ0n) is 16.7. The molecular formula is C22H19BrN4O2S. The molecule has 0 spiro atoms. The molecule has 0 fully saturated rings. The lowest BCUT2D eigenvalue weighted by atomic mass is 10.1. The zero-order valence-corrected chi connectivity index (χ0v) is 19.1. The molecular weight excluding hydrogens is 464 g/mol. The standard InChI is InChI=1S/C22H19BrN4O2S/c1-13-9-24-12-25-20(13)17-5-4-6-18(8-17)27-15(3)26-21(19(23)22(27)28)29-10-16-7-14(2)30-11-16/h4-9,11-12H,10H2,1-3H3. The first kappa shape index (κ1) is 20.4. The summed E-state index contributed by atoms with van der Waals surface area (Å²) in [6.45, 7) is 6.16. The Balaban J connectivity index is 1.70. The minimum atomic E-state index is -0.226. The van der Waals surface area contributed by atoms with Gasteiger partial charge in [0.2, 0.25) is 5.88 Å². The second-order valence-electron chi connectivity index (χ2n) is 6.88. The van der Waals surface area contributed by atoms with Gasteiger partial charge in [0.05, 0.1) is 11.4 Å². The monoisotopic (exact) mass is 482 g/mol. The van der Waals surface area contributed by atoms with Crippen LogP contribution in [-0.2, 0) is 6.61 Å². The minimum Gasteiger partial charge on any atom is -0.472 e. The molecule has 8 heteroatoms. The Kier molecular flexibility index (Phi) is 5.78. The van der Waals surface area contributed by atoms with Crippen molar-refractivity contribution < 1.29 is 4.74 Å². The van der Waals surface area contributed by atoms with Gasteiger partial charge < -0.3 is 4.74 Å². The Hall–Kier alpha value is -2.84. The average molecular weight is 483 g/mol. The van der Waals surface area contributed by atoms with Gasteiger partial charge in [-0.1, -0.05) is 12.1 Å². The molecule has 4 rings (SSSR count). The van der Waals surface area contributed by atoms with Crippen LogP contribution in [0.4, 0.5) is 0 Å². The smallest absolute Gasteiger partial charge is 0.276 e. The molecule has 0 saturated carbocycles. The number of aryl methyl sites for hydroxylation is 3. The molecule has 0 unspecified atom stereocenters. The van der Waals surface area contributed by atoms with Gasteiger partial charge in [0.25, 0.3) is 5.56 Å². The Morgan fingerprint density at radius 3 is 2.77 bits per heavy atom. The van der Waals surface area contributed by atoms with E-state index in [1.165, 1.54) is 11.2 Å². The summed E-state index contributed by atoms with van der Waals surface area (Å²) >= 11 is 5.04. The summed E-state index contributed by atoms with van der Waals surface area (Å²) in [5, 5.41) is 2.04. The first-order chi connectivity index (χ1) is 14.4. The summed E-state index contributed by atoms with van der Waals surface area (Å²) in [5.74, 6) is 0.830. The van der Waals surface area contributed by atoms with Crippen molar-refractivity contribution in [1.82, 2.24) is 19.5 Å². The van der Waals surface area contributed by atoms with Crippen molar-refractivity contribution in [3.63, 3.8) is 0 Å². The van der Waals surface area contributed by atoms with Gasteiger partial charge in [-0.15, -0.1) is 11.3 Å². The number of hydrogen-bond acceptors (Lipinski definition) is 6. The van der Waals surface area contributed by atoms with Crippen molar-refractivity contribution in [3.8, 4) is 22.8 Å². The number of benzene rings is 1. The summed E-state index contributed by atoms with van der Waals surface area (Å²) in [5.41, 5.74) is 4.24. The summed E-state index contributed by atoms with van der Waals surface area (Å²) < 4.78 is 7.67. The average Bonchev–Trinajstić information content (AvgIpc) is 3.15. The molecule has 3 heterocycles. The molecule has 0 N–H and O–H groups in total. The molecule has 0 aliphatic heterocycles. The van der Waals surface area contributed by atoms with E-state index in [1.807, 2.05) is 43.5 Å². The Morgan fingerprint density at radius 1 is 1.20 bits per heavy atom. The van der Waals surface area contributed by atoms with E-state index >= 15 is 0 Å². The fourth-order valence-electron chi connectivity index (χ4n) is 3.20. The predicted octanol–water partition coefficient (Wildman–Crippen LogP) is 5.02. The van der Waals surface area contributed by atoms with E-state index in [0.29, 0.717) is 28.5 Å². The van der Waals surface area contributed by atoms with E-state index in [9.17, 15) is 4.79 Å². The molecule has 152 valence electrons. The summed E-state index contributed by atoms with van der Waals surface area (Å²) in [6.07, 6.45) is 3.29. The number of hydrogen-bond donors (Lipinski definition) is 0. The highest BCUT2D eigenvalue weighted by molar-refractivity contribution is 9.10. The fourth-order valence-corrected chi connectivity index (χ4v) is 4.27. The molecule has 0 radical (unpaired) electrons. The summed E-state index contributed by atoms with van der Waals surface area (Å²) in [6, 6.07) is 9.72. The highest BCUT2D eigenvalue weighted by atomic mass is 79.9. The van der Waals surface area contributed by atoms with Crippen LogP contribution in [0.5, 0.6) is 5.88 Å². The number of thiophene rings is 1. The van der Waals surface area contributed by atoms with Crippen molar-refractivity contribution in [1.29, 1.82) is 0 Å². The molecule has 30 heavy (non-hydrogen) atoms. The van der Waals surface area contributed by atoms with Gasteiger partial charge in [0.15, 0.2) is 0 Å². The number of ether oxygens (including phenoxy) is 1. The number of nitrogens with zero attached hydrogens (tertiary/aromatic N) is 4. The molecule has 0 aliphatic carbocycles. The highest BCUT2D eigenvalue weighted by Crippen LogP contribution is 2.25. The van der Waals surface area contributed by atoms with Crippen LogP contribution in [0.3, 0.4) is 0 Å². The zero-order chi connectivity index (χ0) is 21.3. The third-order valence-corrected chi connectivity index (χ3v) is 6.19. The summed E-state index contributed by atoms with van der Waals surface area (Å²) in [4.78, 5) is 27.3. The van der Waals surface area contributed by atoms with Crippen LogP contribution >= 0.6 is 27.3 Å². The minimum absolute atomic E-state index is 0.226. The van der Waals surface area contributed by atoms with E-state index < -0.39 is 0 Å². The van der Waals surface area contributed by atoms with Gasteiger partial charge in [-0.25, -0.2) is 9.97 Å². The quantitative estimate of drug-likeness (QED) is 0.399. The topological polar surface area (TPSA) is 69.9 Å². The third kappa shape index (κ3) is 4.06. The van der Waals surface area contributed by atoms with Crippen molar-refractivity contribution in [2.75, 3.05) is 0 Å². The molecule has 0 atom stereocenters. The van der Waals surface area contributed by atoms with Gasteiger partial charge in [-0.3, -0.25) is 9.36 Å². The van der Waals surface area contributed by atoms with E-state index in [1.54, 1.807) is 29.0 Å². The Bertz CT molecular complexity index is 1280. The largest absolute Gasteiger partial charge is 0.472 e. The van der Waals surface area contributed by atoms with Crippen LogP contribution in [-0.4, -0.2) is 19.5 Å². The van der Waals surface area contributed by atoms with E-state index in [-0.39, 0.29) is 5.56 Å². The Morgan fingerprint density at radius 2 is 2.03 bits per heavy atom. The normalized spacial score (nSPS) is 10.9. The van der Waals surface area contributed by atoms with E-state index in [0.717, 1.165) is 22.4 Å². The maximum atomic E-state index is 13.1. The second kappa shape index (κ2) is 8.49. The van der Waals surface area contributed by atoms with Gasteiger partial charge >= 0.3 is 0 Å². The predicted molar refractivity (Wildman–Crippen MR) is 121 cm³/mol. The second-order valence-corrected chi connectivity index (χ2v) is 8.79. The van der Waals surface area contributed by atoms with Gasteiger partial charge in [-0.05, 0) is 65.8 Å². The van der Waals surface area contributed by atoms with Crippen LogP contribution in [0, 0.1) is 20.8 Å². The molecule has 1 aromatic carbocycles. The number of halogens is 1. The molecule has 6 nitrogen and oxygen atoms in total. The Labute approximate surface area is 186 Å². The first-order valence-electron chi connectivity index (χ1n) is 9.27. The maximum Gasteiger partial charge on any atom is 0.276 e. The lowest BCUT2D eigenvalue weighted by Gasteiger charge is -2.14. The van der Waals surface area contributed by atoms with Crippen molar-refractivity contribution in [3.05, 3.63) is 84.9 Å². The van der Waals surface area contributed by atoms with Gasteiger partial charge in [-0.2, -0.15) is 4.98 Å². The molecule has 0 saturated heterocycles. The molecule has 3 aromatic heterocycles. The lowest BCUT2D eigenvalue weighted by molar-refractivity contribution is 0.289. The van der Waals surface area contributed by atoms with Crippen LogP contribution in [0.25, 0.3) is 16.9 Å². The SMILES string of the molecule is Cc1cc(COc2nc(C)n(-c3cccc(-c4ncncc4C)c3)c(=O)c2Br)cs1. The van der Waals surface area contributed by atoms with E-state index in [4.69, 9.17) is 4.74 Å². The van der Waals surface area contributed by atoms with Crippen LogP contribution in [0.15, 0.2) is 57.5 Å². The molecule has 0 bridgehead atoms. The van der Waals surface area contributed by atoms with Gasteiger partial charge in [0.1, 0.15) is 23.2 Å². The lowest BCUT2D eigenvalue weighted by Crippen LogP contribution is -2.23. The molecule has 4 aromatic rings. The number of rotatable bonds is 5. The van der Waals surface area contributed by atoms with Crippen LogP contribution in [0.2, 0.25) is 0 Å². The van der Waals surface area contributed by atoms with Crippen LogP contribution < -0.4 is 10.3 Å². The van der Waals surface area contributed by atoms with Crippen LogP contribution in [0.1, 0.15) is 21.8 Å². The molecule has 0 aliphatic rings. The number of aromatic nitrogens is 4.